The van der Waals surface area contributed by atoms with Crippen molar-refractivity contribution in [2.75, 3.05) is 18.9 Å². The average molecular weight is 364 g/mol. The third-order valence-corrected chi connectivity index (χ3v) is 4.83. The van der Waals surface area contributed by atoms with Gasteiger partial charge in [0, 0.05) is 18.3 Å². The molecule has 1 aromatic carbocycles. The third-order valence-electron chi connectivity index (χ3n) is 3.35. The zero-order chi connectivity index (χ0) is 18.4. The number of carbonyl (C=O) groups is 1. The Labute approximate surface area is 146 Å². The molecule has 134 valence electrons. The van der Waals surface area contributed by atoms with Gasteiger partial charge in [0.25, 0.3) is 0 Å². The number of benzene rings is 1. The monoisotopic (exact) mass is 364 g/mol. The maximum Gasteiger partial charge on any atom is 0.235 e. The zero-order valence-corrected chi connectivity index (χ0v) is 14.6. The highest BCUT2D eigenvalue weighted by Crippen LogP contribution is 2.24. The highest BCUT2D eigenvalue weighted by atomic mass is 32.2. The van der Waals surface area contributed by atoms with E-state index >= 15 is 0 Å². The lowest BCUT2D eigenvalue weighted by molar-refractivity contribution is -0.118. The van der Waals surface area contributed by atoms with Gasteiger partial charge in [-0.2, -0.15) is 0 Å². The molecule has 0 atom stereocenters. The molecule has 1 amide bonds. The number of carbonyl (C=O) groups excluding carboxylic acids is 1. The summed E-state index contributed by atoms with van der Waals surface area (Å²) in [6.07, 6.45) is 1.44. The minimum Gasteiger partial charge on any atom is -0.508 e. The number of aromatic hydroxyl groups is 1. The lowest BCUT2D eigenvalue weighted by atomic mass is 10.1. The summed E-state index contributed by atoms with van der Waals surface area (Å²) >= 11 is 0. The first kappa shape index (κ1) is 18.9. The number of phenols is 1. The second-order valence-corrected chi connectivity index (χ2v) is 7.78. The van der Waals surface area contributed by atoms with Gasteiger partial charge in [-0.05, 0) is 42.3 Å². The number of hydrogen-bond acceptors (Lipinski definition) is 6. The molecule has 0 unspecified atom stereocenters. The van der Waals surface area contributed by atoms with E-state index in [4.69, 9.17) is 5.11 Å². The fraction of sp³-hybridized carbons (Fsp3) is 0.294. The largest absolute Gasteiger partial charge is 0.508 e. The Balaban J connectivity index is 2.08. The highest BCUT2D eigenvalue weighted by molar-refractivity contribution is 7.91. The van der Waals surface area contributed by atoms with E-state index in [-0.39, 0.29) is 24.7 Å². The molecule has 7 nitrogen and oxygen atoms in total. The van der Waals surface area contributed by atoms with Crippen LogP contribution in [-0.2, 0) is 20.4 Å². The molecule has 0 aliphatic rings. The first-order valence-corrected chi connectivity index (χ1v) is 9.45. The van der Waals surface area contributed by atoms with E-state index in [0.717, 1.165) is 11.1 Å². The molecule has 0 aliphatic heterocycles. The molecule has 3 N–H and O–H groups in total. The van der Waals surface area contributed by atoms with Crippen molar-refractivity contribution in [1.29, 1.82) is 0 Å². The number of sulfone groups is 1. The molecule has 0 spiro atoms. The summed E-state index contributed by atoms with van der Waals surface area (Å²) in [5.41, 5.74) is 2.70. The quantitative estimate of drug-likeness (QED) is 0.669. The van der Waals surface area contributed by atoms with Gasteiger partial charge in [-0.1, -0.05) is 6.07 Å². The van der Waals surface area contributed by atoms with Gasteiger partial charge >= 0.3 is 0 Å². The van der Waals surface area contributed by atoms with Crippen molar-refractivity contribution in [2.45, 2.75) is 12.7 Å². The van der Waals surface area contributed by atoms with Crippen molar-refractivity contribution in [3.05, 3.63) is 47.7 Å². The molecule has 25 heavy (non-hydrogen) atoms. The molecule has 1 aromatic heterocycles. The molecule has 2 aromatic rings. The van der Waals surface area contributed by atoms with Gasteiger partial charge in [0.15, 0.2) is 9.84 Å². The number of phenolic OH excluding ortho intramolecular Hbond substituents is 1. The van der Waals surface area contributed by atoms with Crippen LogP contribution in [0.3, 0.4) is 0 Å². The number of pyridine rings is 1. The van der Waals surface area contributed by atoms with Crippen LogP contribution in [0.1, 0.15) is 11.1 Å². The first-order valence-electron chi connectivity index (χ1n) is 7.63. The summed E-state index contributed by atoms with van der Waals surface area (Å²) in [6.45, 7) is 1.63. The lowest BCUT2D eigenvalue weighted by Gasteiger charge is -2.07. The zero-order valence-electron chi connectivity index (χ0n) is 13.8. The number of aromatic nitrogens is 1. The summed E-state index contributed by atoms with van der Waals surface area (Å²) in [4.78, 5) is 15.7. The van der Waals surface area contributed by atoms with Crippen molar-refractivity contribution in [2.24, 2.45) is 0 Å². The third kappa shape index (κ3) is 5.84. The highest BCUT2D eigenvalue weighted by Gasteiger charge is 2.17. The summed E-state index contributed by atoms with van der Waals surface area (Å²) in [7, 11) is -3.63. The van der Waals surface area contributed by atoms with Crippen molar-refractivity contribution in [3.8, 4) is 17.0 Å². The average Bonchev–Trinajstić information content (AvgIpc) is 2.51. The smallest absolute Gasteiger partial charge is 0.235 e. The van der Waals surface area contributed by atoms with Gasteiger partial charge in [0.2, 0.25) is 5.91 Å². The second-order valence-electron chi connectivity index (χ2n) is 5.71. The summed E-state index contributed by atoms with van der Waals surface area (Å²) in [5, 5.41) is 20.6. The molecule has 0 saturated carbocycles. The van der Waals surface area contributed by atoms with Crippen LogP contribution in [0.15, 0.2) is 36.5 Å². The minimum atomic E-state index is -3.63. The second kappa shape index (κ2) is 8.09. The fourth-order valence-electron chi connectivity index (χ4n) is 2.34. The van der Waals surface area contributed by atoms with E-state index in [9.17, 15) is 18.3 Å². The number of nitrogens with zero attached hydrogens (tertiary/aromatic N) is 1. The van der Waals surface area contributed by atoms with E-state index in [1.54, 1.807) is 24.3 Å². The van der Waals surface area contributed by atoms with Crippen LogP contribution in [0.4, 0.5) is 0 Å². The Kier molecular flexibility index (Phi) is 6.11. The van der Waals surface area contributed by atoms with Crippen LogP contribution in [0.25, 0.3) is 11.3 Å². The van der Waals surface area contributed by atoms with Crippen molar-refractivity contribution in [1.82, 2.24) is 10.3 Å². The SMILES string of the molecule is Cc1cc(O)cc(-c2ccc(CS(=O)(=O)CC(=O)NCCO)cn2)c1. The Morgan fingerprint density at radius 1 is 1.24 bits per heavy atom. The van der Waals surface area contributed by atoms with Crippen LogP contribution in [-0.4, -0.2) is 48.4 Å². The Bertz CT molecular complexity index is 828. The minimum absolute atomic E-state index is 0.0218. The van der Waals surface area contributed by atoms with Crippen molar-refractivity contribution in [3.63, 3.8) is 0 Å². The van der Waals surface area contributed by atoms with Crippen molar-refractivity contribution < 1.29 is 23.4 Å². The van der Waals surface area contributed by atoms with E-state index in [1.165, 1.54) is 6.20 Å². The predicted octanol–water partition coefficient (Wildman–Crippen LogP) is 0.786. The van der Waals surface area contributed by atoms with Crippen molar-refractivity contribution >= 4 is 15.7 Å². The van der Waals surface area contributed by atoms with Gasteiger partial charge in [-0.15, -0.1) is 0 Å². The molecule has 0 aliphatic carbocycles. The molecule has 1 heterocycles. The van der Waals surface area contributed by atoms with Gasteiger partial charge in [0.05, 0.1) is 18.1 Å². The Morgan fingerprint density at radius 2 is 2.00 bits per heavy atom. The number of rotatable bonds is 7. The van der Waals surface area contributed by atoms with E-state index < -0.39 is 21.5 Å². The van der Waals surface area contributed by atoms with E-state index in [2.05, 4.69) is 10.3 Å². The number of aliphatic hydroxyl groups excluding tert-OH is 1. The summed E-state index contributed by atoms with van der Waals surface area (Å²) in [5.74, 6) is -1.45. The molecular formula is C17H20N2O5S. The molecule has 2 rings (SSSR count). The molecule has 8 heteroatoms. The molecule has 0 saturated heterocycles. The Morgan fingerprint density at radius 3 is 2.60 bits per heavy atom. The van der Waals surface area contributed by atoms with Crippen LogP contribution >= 0.6 is 0 Å². The summed E-state index contributed by atoms with van der Waals surface area (Å²) in [6, 6.07) is 8.38. The van der Waals surface area contributed by atoms with Crippen LogP contribution < -0.4 is 5.32 Å². The number of hydrogen-bond donors (Lipinski definition) is 3. The molecule has 0 bridgehead atoms. The maximum absolute atomic E-state index is 12.0. The van der Waals surface area contributed by atoms with Crippen LogP contribution in [0.2, 0.25) is 0 Å². The molecule has 0 fully saturated rings. The number of aryl methyl sites for hydroxylation is 1. The standard InChI is InChI=1S/C17H20N2O5S/c1-12-6-14(8-15(21)7-12)16-3-2-13(9-19-16)10-25(23,24)11-17(22)18-4-5-20/h2-3,6-9,20-21H,4-5,10-11H2,1H3,(H,18,22). The number of aliphatic hydroxyl groups is 1. The predicted molar refractivity (Wildman–Crippen MR) is 93.7 cm³/mol. The maximum atomic E-state index is 12.0. The number of amides is 1. The van der Waals surface area contributed by atoms with Gasteiger partial charge in [-0.25, -0.2) is 8.42 Å². The summed E-state index contributed by atoms with van der Waals surface area (Å²) < 4.78 is 24.1. The van der Waals surface area contributed by atoms with Crippen LogP contribution in [0, 0.1) is 6.92 Å². The van der Waals surface area contributed by atoms with Crippen LogP contribution in [0.5, 0.6) is 5.75 Å². The van der Waals surface area contributed by atoms with Gasteiger partial charge in [-0.3, -0.25) is 9.78 Å². The van der Waals surface area contributed by atoms with E-state index in [1.807, 2.05) is 13.0 Å². The molecule has 0 radical (unpaired) electrons. The topological polar surface area (TPSA) is 117 Å². The van der Waals surface area contributed by atoms with Gasteiger partial charge in [0.1, 0.15) is 11.5 Å². The molecular weight excluding hydrogens is 344 g/mol. The van der Waals surface area contributed by atoms with Gasteiger partial charge < -0.3 is 15.5 Å². The van der Waals surface area contributed by atoms with E-state index in [0.29, 0.717) is 11.3 Å². The normalized spacial score (nSPS) is 11.3. The Hall–Kier alpha value is -2.45. The first-order chi connectivity index (χ1) is 11.8. The fourth-order valence-corrected chi connectivity index (χ4v) is 3.62. The lowest BCUT2D eigenvalue weighted by Crippen LogP contribution is -2.32. The number of nitrogens with one attached hydrogen (secondary N) is 1.